The van der Waals surface area contributed by atoms with Gasteiger partial charge in [0.1, 0.15) is 11.9 Å². The molecule has 0 saturated heterocycles. The summed E-state index contributed by atoms with van der Waals surface area (Å²) in [6, 6.07) is 14.4. The first-order valence-electron chi connectivity index (χ1n) is 15.1. The van der Waals surface area contributed by atoms with Gasteiger partial charge in [0.15, 0.2) is 8.32 Å². The van der Waals surface area contributed by atoms with Crippen LogP contribution in [0.5, 0.6) is 0 Å². The molecule has 1 aliphatic rings. The van der Waals surface area contributed by atoms with Gasteiger partial charge in [-0.05, 0) is 66.7 Å². The summed E-state index contributed by atoms with van der Waals surface area (Å²) in [6.45, 7) is 11.7. The fraction of sp³-hybridized carbons (Fsp3) is 0.364. The Labute approximate surface area is 263 Å². The van der Waals surface area contributed by atoms with Gasteiger partial charge >= 0.3 is 0 Å². The average molecular weight is 629 g/mol. The van der Waals surface area contributed by atoms with Crippen LogP contribution < -0.4 is 11.1 Å². The molecule has 2 aromatic carbocycles. The van der Waals surface area contributed by atoms with Crippen LogP contribution in [0.15, 0.2) is 67.3 Å². The van der Waals surface area contributed by atoms with Crippen LogP contribution in [0.2, 0.25) is 18.1 Å². The van der Waals surface area contributed by atoms with Crippen molar-refractivity contribution in [2.24, 2.45) is 5.73 Å². The second-order valence-electron chi connectivity index (χ2n) is 12.9. The van der Waals surface area contributed by atoms with Crippen molar-refractivity contribution in [2.75, 3.05) is 11.9 Å². The number of anilines is 1. The van der Waals surface area contributed by atoms with Crippen molar-refractivity contribution in [3.63, 3.8) is 0 Å². The molecule has 1 aliphatic heterocycles. The Morgan fingerprint density at radius 1 is 1.02 bits per heavy atom. The maximum absolute atomic E-state index is 12.8. The minimum Gasteiger partial charge on any atom is -0.397 e. The van der Waals surface area contributed by atoms with Gasteiger partial charge in [-0.2, -0.15) is 0 Å². The number of hydrogen-bond donors (Lipinski definition) is 2. The molecular formula is C33H40N6O5Si. The van der Waals surface area contributed by atoms with Gasteiger partial charge in [0, 0.05) is 37.6 Å². The molecule has 4 aromatic rings. The van der Waals surface area contributed by atoms with Crippen LogP contribution >= 0.6 is 0 Å². The first-order chi connectivity index (χ1) is 21.2. The number of imidazole rings is 1. The van der Waals surface area contributed by atoms with Gasteiger partial charge in [0.25, 0.3) is 17.7 Å². The van der Waals surface area contributed by atoms with E-state index < -0.39 is 14.2 Å². The molecule has 0 saturated carbocycles. The van der Waals surface area contributed by atoms with E-state index in [-0.39, 0.29) is 47.6 Å². The van der Waals surface area contributed by atoms with Gasteiger partial charge in [0.05, 0.1) is 23.0 Å². The number of imide groups is 1. The Morgan fingerprint density at radius 3 is 2.33 bits per heavy atom. The Kier molecular flexibility index (Phi) is 8.81. The highest BCUT2D eigenvalue weighted by molar-refractivity contribution is 6.74. The van der Waals surface area contributed by atoms with Crippen molar-refractivity contribution in [1.82, 2.24) is 19.0 Å². The second-order valence-corrected chi connectivity index (χ2v) is 17.7. The molecule has 0 radical (unpaired) electrons. The smallest absolute Gasteiger partial charge is 0.268 e. The van der Waals surface area contributed by atoms with Gasteiger partial charge < -0.3 is 24.6 Å². The maximum atomic E-state index is 12.8. The predicted molar refractivity (Wildman–Crippen MR) is 174 cm³/mol. The first kappa shape index (κ1) is 31.9. The van der Waals surface area contributed by atoms with E-state index in [4.69, 9.17) is 10.2 Å². The molecule has 236 valence electrons. The van der Waals surface area contributed by atoms with Crippen LogP contribution in [0.25, 0.3) is 10.9 Å². The molecule has 0 bridgehead atoms. The third-order valence-electron chi connectivity index (χ3n) is 8.77. The Hall–Kier alpha value is -4.55. The van der Waals surface area contributed by atoms with Crippen molar-refractivity contribution >= 4 is 48.5 Å². The Morgan fingerprint density at radius 2 is 1.71 bits per heavy atom. The van der Waals surface area contributed by atoms with E-state index in [0.717, 1.165) is 22.2 Å². The van der Waals surface area contributed by atoms with Gasteiger partial charge in [-0.25, -0.2) is 4.98 Å². The molecule has 2 aromatic heterocycles. The number of nitrogens with two attached hydrogens (primary N) is 1. The molecule has 0 spiro atoms. The van der Waals surface area contributed by atoms with E-state index in [0.29, 0.717) is 29.8 Å². The molecule has 3 N–H and O–H groups in total. The number of primary amides is 1. The zero-order valence-corrected chi connectivity index (χ0v) is 27.4. The Balaban J connectivity index is 1.22. The summed E-state index contributed by atoms with van der Waals surface area (Å²) in [7, 11) is -2.14. The number of nitrogens with zero attached hydrogens (tertiary/aromatic N) is 4. The molecule has 1 unspecified atom stereocenters. The first-order valence-corrected chi connectivity index (χ1v) is 18.0. The zero-order valence-electron chi connectivity index (χ0n) is 26.4. The minimum absolute atomic E-state index is 0.000342. The van der Waals surface area contributed by atoms with E-state index in [9.17, 15) is 19.2 Å². The molecule has 1 atom stereocenters. The van der Waals surface area contributed by atoms with E-state index in [1.807, 2.05) is 35.0 Å². The highest BCUT2D eigenvalue weighted by Crippen LogP contribution is 2.39. The molecular weight excluding hydrogens is 588 g/mol. The molecule has 0 aliphatic carbocycles. The molecule has 3 heterocycles. The molecule has 0 fully saturated rings. The Bertz CT molecular complexity index is 1730. The van der Waals surface area contributed by atoms with E-state index >= 15 is 0 Å². The van der Waals surface area contributed by atoms with Crippen molar-refractivity contribution in [2.45, 2.75) is 70.9 Å². The largest absolute Gasteiger partial charge is 0.397 e. The normalized spacial score (nSPS) is 14.2. The van der Waals surface area contributed by atoms with Gasteiger partial charge in [-0.3, -0.25) is 24.1 Å². The number of aromatic nitrogens is 3. The summed E-state index contributed by atoms with van der Waals surface area (Å²) in [5.74, 6) is -1.61. The number of nitrogens with one attached hydrogen (secondary N) is 1. The lowest BCUT2D eigenvalue weighted by Crippen LogP contribution is -2.42. The van der Waals surface area contributed by atoms with Crippen molar-refractivity contribution in [3.8, 4) is 0 Å². The summed E-state index contributed by atoms with van der Waals surface area (Å²) < 4.78 is 10.7. The third-order valence-corrected chi connectivity index (χ3v) is 13.2. The fourth-order valence-electron chi connectivity index (χ4n) is 5.18. The van der Waals surface area contributed by atoms with E-state index in [2.05, 4.69) is 48.7 Å². The van der Waals surface area contributed by atoms with Crippen molar-refractivity contribution in [1.29, 1.82) is 0 Å². The van der Waals surface area contributed by atoms with Crippen LogP contribution in [-0.4, -0.2) is 57.5 Å². The summed E-state index contributed by atoms with van der Waals surface area (Å²) in [6.07, 6.45) is 6.43. The van der Waals surface area contributed by atoms with Gasteiger partial charge in [-0.15, -0.1) is 0 Å². The summed E-state index contributed by atoms with van der Waals surface area (Å²) >= 11 is 0. The SMILES string of the molecule is CC(C)(C)[Si](C)(C)OC(CCCn1ccc2ccc(NC(=O)CCN3C(=O)c4ccccc4C3=O)cc21)n1cnc(C(N)=O)c1. The van der Waals surface area contributed by atoms with E-state index in [1.54, 1.807) is 36.8 Å². The number of carbonyl (C=O) groups is 4. The molecule has 12 heteroatoms. The van der Waals surface area contributed by atoms with Crippen LogP contribution in [0, 0.1) is 0 Å². The monoisotopic (exact) mass is 628 g/mol. The second kappa shape index (κ2) is 12.4. The summed E-state index contributed by atoms with van der Waals surface area (Å²) in [4.78, 5) is 55.0. The number of carbonyl (C=O) groups excluding carboxylic acids is 4. The number of rotatable bonds is 12. The summed E-state index contributed by atoms with van der Waals surface area (Å²) in [5, 5.41) is 3.94. The average Bonchev–Trinajstić information content (AvgIpc) is 3.69. The lowest BCUT2D eigenvalue weighted by Gasteiger charge is -2.39. The quantitative estimate of drug-likeness (QED) is 0.155. The highest BCUT2D eigenvalue weighted by atomic mass is 28.4. The molecule has 5 rings (SSSR count). The number of benzene rings is 2. The van der Waals surface area contributed by atoms with Crippen LogP contribution in [0.1, 0.15) is 77.5 Å². The number of aryl methyl sites for hydroxylation is 1. The number of amides is 4. The number of hydrogen-bond acceptors (Lipinski definition) is 6. The fourth-order valence-corrected chi connectivity index (χ4v) is 6.45. The maximum Gasteiger partial charge on any atom is 0.268 e. The van der Waals surface area contributed by atoms with E-state index in [1.165, 1.54) is 0 Å². The third kappa shape index (κ3) is 6.76. The van der Waals surface area contributed by atoms with Crippen LogP contribution in [0.4, 0.5) is 5.69 Å². The topological polar surface area (TPSA) is 142 Å². The number of fused-ring (bicyclic) bond motifs is 2. The molecule has 45 heavy (non-hydrogen) atoms. The lowest BCUT2D eigenvalue weighted by atomic mass is 10.1. The molecule has 11 nitrogen and oxygen atoms in total. The van der Waals surface area contributed by atoms with Crippen molar-refractivity contribution in [3.05, 3.63) is 84.1 Å². The predicted octanol–water partition coefficient (Wildman–Crippen LogP) is 5.56. The lowest BCUT2D eigenvalue weighted by molar-refractivity contribution is -0.116. The zero-order chi connectivity index (χ0) is 32.5. The van der Waals surface area contributed by atoms with Gasteiger partial charge in [-0.1, -0.05) is 39.0 Å². The highest BCUT2D eigenvalue weighted by Gasteiger charge is 2.39. The summed E-state index contributed by atoms with van der Waals surface area (Å²) in [5.41, 5.74) is 7.99. The van der Waals surface area contributed by atoms with Gasteiger partial charge in [0.2, 0.25) is 5.91 Å². The van der Waals surface area contributed by atoms with Crippen molar-refractivity contribution < 1.29 is 23.6 Å². The van der Waals surface area contributed by atoms with Crippen LogP contribution in [0.3, 0.4) is 0 Å². The molecule has 4 amide bonds. The van der Waals surface area contributed by atoms with Crippen LogP contribution in [-0.2, 0) is 15.8 Å². The minimum atomic E-state index is -2.14. The standard InChI is InChI=1S/C33H40N6O5Si/c1-33(2,3)45(4,5)44-29(38-20-26(30(34)41)35-21-38)11-8-16-37-17-14-22-12-13-23(19-27(22)37)36-28(40)15-18-39-31(42)24-9-6-7-10-25(24)32(39)43/h6-7,9-10,12-14,17,19-21,29H,8,11,15-16,18H2,1-5H3,(H2,34,41)(H,36,40).